The molecule has 0 spiro atoms. The molecule has 0 amide bonds. The monoisotopic (exact) mass is 177 g/mol. The first-order valence-electron chi connectivity index (χ1n) is 4.06. The first kappa shape index (κ1) is 11.4. The lowest BCUT2D eigenvalue weighted by molar-refractivity contribution is 0.282. The maximum Gasteiger partial charge on any atom is 0.101 e. The van der Waals surface area contributed by atoms with E-state index in [0.717, 1.165) is 0 Å². The average Bonchev–Trinajstić information content (AvgIpc) is 1.85. The molecule has 68 valence electrons. The lowest BCUT2D eigenvalue weighted by Crippen LogP contribution is -2.32. The van der Waals surface area contributed by atoms with E-state index in [0.29, 0.717) is 12.1 Å². The fourth-order valence-corrected chi connectivity index (χ4v) is 2.83. The number of nitrogens with zero attached hydrogens (tertiary/aromatic N) is 1. The SMILES string of the molecule is COP(C)N(C(C)C)C(C)C. The maximum atomic E-state index is 5.33. The molecule has 3 heteroatoms. The highest BCUT2D eigenvalue weighted by Gasteiger charge is 2.19. The zero-order valence-electron chi connectivity index (χ0n) is 8.46. The van der Waals surface area contributed by atoms with Gasteiger partial charge in [-0.2, -0.15) is 0 Å². The van der Waals surface area contributed by atoms with Crippen molar-refractivity contribution >= 4 is 8.30 Å². The van der Waals surface area contributed by atoms with Gasteiger partial charge < -0.3 is 4.52 Å². The minimum Gasteiger partial charge on any atom is -0.347 e. The molecule has 0 bridgehead atoms. The first-order chi connectivity index (χ1) is 5.00. The third-order valence-electron chi connectivity index (χ3n) is 1.65. The summed E-state index contributed by atoms with van der Waals surface area (Å²) >= 11 is 0. The smallest absolute Gasteiger partial charge is 0.101 e. The first-order valence-corrected chi connectivity index (χ1v) is 5.72. The van der Waals surface area contributed by atoms with E-state index in [-0.39, 0.29) is 8.30 Å². The highest BCUT2D eigenvalue weighted by molar-refractivity contribution is 7.49. The zero-order chi connectivity index (χ0) is 9.02. The molecule has 0 saturated carbocycles. The van der Waals surface area contributed by atoms with E-state index in [2.05, 4.69) is 39.0 Å². The summed E-state index contributed by atoms with van der Waals surface area (Å²) in [5, 5.41) is 0. The third-order valence-corrected chi connectivity index (χ3v) is 3.75. The Labute approximate surface area is 71.8 Å². The van der Waals surface area contributed by atoms with Crippen LogP contribution in [-0.4, -0.2) is 30.5 Å². The van der Waals surface area contributed by atoms with Crippen LogP contribution < -0.4 is 0 Å². The normalized spacial score (nSPS) is 15.0. The molecule has 0 aliphatic heterocycles. The summed E-state index contributed by atoms with van der Waals surface area (Å²) in [5.74, 6) is 0. The second-order valence-electron chi connectivity index (χ2n) is 3.21. The summed E-state index contributed by atoms with van der Waals surface area (Å²) in [6, 6.07) is 1.15. The quantitative estimate of drug-likeness (QED) is 0.612. The van der Waals surface area contributed by atoms with Gasteiger partial charge in [-0.05, 0) is 34.4 Å². The molecule has 0 heterocycles. The van der Waals surface area contributed by atoms with E-state index in [9.17, 15) is 0 Å². The molecule has 1 atom stereocenters. The largest absolute Gasteiger partial charge is 0.347 e. The van der Waals surface area contributed by atoms with Crippen LogP contribution in [0.15, 0.2) is 0 Å². The number of hydrogen-bond donors (Lipinski definition) is 0. The van der Waals surface area contributed by atoms with E-state index in [4.69, 9.17) is 4.52 Å². The molecule has 0 aliphatic rings. The second kappa shape index (κ2) is 5.08. The highest BCUT2D eigenvalue weighted by Crippen LogP contribution is 2.39. The molecular weight excluding hydrogens is 157 g/mol. The van der Waals surface area contributed by atoms with Gasteiger partial charge in [0, 0.05) is 19.2 Å². The lowest BCUT2D eigenvalue weighted by Gasteiger charge is -2.34. The molecule has 2 nitrogen and oxygen atoms in total. The van der Waals surface area contributed by atoms with Gasteiger partial charge in [0.1, 0.15) is 8.30 Å². The summed E-state index contributed by atoms with van der Waals surface area (Å²) in [6.07, 6.45) is 0. The Morgan fingerprint density at radius 3 is 1.55 bits per heavy atom. The van der Waals surface area contributed by atoms with Crippen molar-refractivity contribution in [3.05, 3.63) is 0 Å². The molecule has 0 N–H and O–H groups in total. The van der Waals surface area contributed by atoms with E-state index >= 15 is 0 Å². The van der Waals surface area contributed by atoms with Gasteiger partial charge in [-0.1, -0.05) is 0 Å². The number of rotatable bonds is 4. The Hall–Kier alpha value is 0.350. The van der Waals surface area contributed by atoms with Gasteiger partial charge in [0.2, 0.25) is 0 Å². The van der Waals surface area contributed by atoms with Gasteiger partial charge in [0.15, 0.2) is 0 Å². The van der Waals surface area contributed by atoms with Gasteiger partial charge in [-0.25, -0.2) is 0 Å². The minimum absolute atomic E-state index is 0.387. The van der Waals surface area contributed by atoms with Crippen LogP contribution in [0, 0.1) is 0 Å². The fourth-order valence-electron chi connectivity index (χ4n) is 1.34. The highest BCUT2D eigenvalue weighted by atomic mass is 31.2. The molecule has 1 unspecified atom stereocenters. The molecule has 0 aliphatic carbocycles. The molecule has 0 aromatic heterocycles. The third kappa shape index (κ3) is 3.50. The Bertz CT molecular complexity index is 98.3. The van der Waals surface area contributed by atoms with Gasteiger partial charge in [-0.3, -0.25) is 4.67 Å². The van der Waals surface area contributed by atoms with Crippen LogP contribution in [0.25, 0.3) is 0 Å². The van der Waals surface area contributed by atoms with E-state index in [1.54, 1.807) is 7.11 Å². The number of hydrogen-bond acceptors (Lipinski definition) is 2. The van der Waals surface area contributed by atoms with Crippen molar-refractivity contribution in [1.82, 2.24) is 4.67 Å². The van der Waals surface area contributed by atoms with Crippen LogP contribution in [0.2, 0.25) is 0 Å². The van der Waals surface area contributed by atoms with E-state index in [1.807, 2.05) is 0 Å². The van der Waals surface area contributed by atoms with Gasteiger partial charge in [-0.15, -0.1) is 0 Å². The van der Waals surface area contributed by atoms with E-state index < -0.39 is 0 Å². The van der Waals surface area contributed by atoms with Crippen molar-refractivity contribution in [3.8, 4) is 0 Å². The second-order valence-corrected chi connectivity index (χ2v) is 4.97. The summed E-state index contributed by atoms with van der Waals surface area (Å²) in [4.78, 5) is 0. The lowest BCUT2D eigenvalue weighted by atomic mass is 10.3. The summed E-state index contributed by atoms with van der Waals surface area (Å²) in [7, 11) is 1.39. The Morgan fingerprint density at radius 2 is 1.45 bits per heavy atom. The summed E-state index contributed by atoms with van der Waals surface area (Å²) in [6.45, 7) is 11.0. The molecule has 0 aromatic carbocycles. The van der Waals surface area contributed by atoms with Gasteiger partial charge in [0.25, 0.3) is 0 Å². The summed E-state index contributed by atoms with van der Waals surface area (Å²) < 4.78 is 7.72. The summed E-state index contributed by atoms with van der Waals surface area (Å²) in [5.41, 5.74) is 0. The van der Waals surface area contributed by atoms with E-state index in [1.165, 1.54) is 0 Å². The van der Waals surface area contributed by atoms with Gasteiger partial charge >= 0.3 is 0 Å². The van der Waals surface area contributed by atoms with Crippen LogP contribution >= 0.6 is 8.30 Å². The Morgan fingerprint density at radius 1 is 1.09 bits per heavy atom. The molecule has 0 fully saturated rings. The van der Waals surface area contributed by atoms with Crippen LogP contribution in [0.5, 0.6) is 0 Å². The van der Waals surface area contributed by atoms with Crippen molar-refractivity contribution in [2.45, 2.75) is 39.8 Å². The van der Waals surface area contributed by atoms with Crippen LogP contribution in [0.3, 0.4) is 0 Å². The minimum atomic E-state index is -0.387. The predicted molar refractivity (Wildman–Crippen MR) is 52.0 cm³/mol. The van der Waals surface area contributed by atoms with Crippen molar-refractivity contribution < 1.29 is 4.52 Å². The van der Waals surface area contributed by atoms with Crippen LogP contribution in [-0.2, 0) is 4.52 Å². The molecule has 0 aromatic rings. The molecule has 0 saturated heterocycles. The molecular formula is C8H20NOP. The maximum absolute atomic E-state index is 5.33. The standard InChI is InChI=1S/C8H20NOP/c1-7(2)9(8(3)4)11(6)10-5/h7-8H,1-6H3. The molecule has 11 heavy (non-hydrogen) atoms. The fraction of sp³-hybridized carbons (Fsp3) is 1.00. The molecule has 0 radical (unpaired) electrons. The van der Waals surface area contributed by atoms with Crippen molar-refractivity contribution in [2.24, 2.45) is 0 Å². The zero-order valence-corrected chi connectivity index (χ0v) is 9.35. The predicted octanol–water partition coefficient (Wildman–Crippen LogP) is 2.69. The average molecular weight is 177 g/mol. The van der Waals surface area contributed by atoms with Crippen molar-refractivity contribution in [1.29, 1.82) is 0 Å². The Balaban J connectivity index is 4.09. The topological polar surface area (TPSA) is 12.5 Å². The van der Waals surface area contributed by atoms with Gasteiger partial charge in [0.05, 0.1) is 0 Å². The van der Waals surface area contributed by atoms with Crippen LogP contribution in [0.4, 0.5) is 0 Å². The Kier molecular flexibility index (Phi) is 5.24. The van der Waals surface area contributed by atoms with Crippen molar-refractivity contribution in [3.63, 3.8) is 0 Å². The molecule has 0 rings (SSSR count). The van der Waals surface area contributed by atoms with Crippen molar-refractivity contribution in [2.75, 3.05) is 13.8 Å². The van der Waals surface area contributed by atoms with Crippen LogP contribution in [0.1, 0.15) is 27.7 Å².